The topological polar surface area (TPSA) is 42.0 Å². The van der Waals surface area contributed by atoms with E-state index in [1.165, 1.54) is 6.92 Å². The highest BCUT2D eigenvalue weighted by molar-refractivity contribution is 7.13. The molecule has 0 unspecified atom stereocenters. The Morgan fingerprint density at radius 2 is 1.91 bits per heavy atom. The number of hydrogen-bond acceptors (Lipinski definition) is 3. The highest BCUT2D eigenvalue weighted by Gasteiger charge is 2.39. The summed E-state index contributed by atoms with van der Waals surface area (Å²) in [6.45, 7) is 3.11. The second kappa shape index (κ2) is 6.26. The zero-order valence-electron chi connectivity index (χ0n) is 11.7. The summed E-state index contributed by atoms with van der Waals surface area (Å²) in [6, 6.07) is 6.26. The molecule has 1 N–H and O–H groups in total. The lowest BCUT2D eigenvalue weighted by molar-refractivity contribution is -0.141. The standard InChI is InChI=1S/C14H12ClF3N2OS/c1-7(9-3-5-10(15)6-4-9)19-13(21)11-12(14(16,17)18)20-8(2)22-11/h3-7H,1-2H3,(H,19,21)/t7-/m1/s1. The van der Waals surface area contributed by atoms with Gasteiger partial charge in [-0.25, -0.2) is 4.98 Å². The molecule has 0 aliphatic rings. The summed E-state index contributed by atoms with van der Waals surface area (Å²) in [5.41, 5.74) is -0.400. The van der Waals surface area contributed by atoms with Crippen molar-refractivity contribution in [2.75, 3.05) is 0 Å². The Bertz CT molecular complexity index is 682. The van der Waals surface area contributed by atoms with Gasteiger partial charge in [0.2, 0.25) is 0 Å². The maximum absolute atomic E-state index is 12.9. The van der Waals surface area contributed by atoms with E-state index in [9.17, 15) is 18.0 Å². The van der Waals surface area contributed by atoms with Crippen LogP contribution in [0.1, 0.15) is 38.9 Å². The predicted octanol–water partition coefficient (Wildman–Crippen LogP) is 4.61. The Hall–Kier alpha value is -1.60. The molecule has 1 amide bonds. The normalized spacial score (nSPS) is 13.0. The van der Waals surface area contributed by atoms with Gasteiger partial charge in [0.25, 0.3) is 5.91 Å². The van der Waals surface area contributed by atoms with Gasteiger partial charge in [0, 0.05) is 5.02 Å². The summed E-state index contributed by atoms with van der Waals surface area (Å²) in [6.07, 6.45) is -4.65. The molecule has 1 atom stereocenters. The molecule has 0 saturated carbocycles. The van der Waals surface area contributed by atoms with Crippen LogP contribution in [0.4, 0.5) is 13.2 Å². The van der Waals surface area contributed by atoms with E-state index in [1.54, 1.807) is 31.2 Å². The average molecular weight is 349 g/mol. The minimum Gasteiger partial charge on any atom is -0.345 e. The quantitative estimate of drug-likeness (QED) is 0.879. The van der Waals surface area contributed by atoms with Crippen molar-refractivity contribution in [3.63, 3.8) is 0 Å². The van der Waals surface area contributed by atoms with Crippen LogP contribution in [-0.4, -0.2) is 10.9 Å². The lowest BCUT2D eigenvalue weighted by Crippen LogP contribution is -2.28. The van der Waals surface area contributed by atoms with Crippen LogP contribution in [0.15, 0.2) is 24.3 Å². The first-order chi connectivity index (χ1) is 10.2. The van der Waals surface area contributed by atoms with Crippen LogP contribution >= 0.6 is 22.9 Å². The van der Waals surface area contributed by atoms with Crippen LogP contribution in [0.25, 0.3) is 0 Å². The summed E-state index contributed by atoms with van der Waals surface area (Å²) >= 11 is 6.50. The Morgan fingerprint density at radius 3 is 2.45 bits per heavy atom. The summed E-state index contributed by atoms with van der Waals surface area (Å²) in [4.78, 5) is 15.1. The highest BCUT2D eigenvalue weighted by atomic mass is 35.5. The van der Waals surface area contributed by atoms with Crippen molar-refractivity contribution in [3.05, 3.63) is 50.4 Å². The predicted molar refractivity (Wildman–Crippen MR) is 79.2 cm³/mol. The van der Waals surface area contributed by atoms with Gasteiger partial charge in [-0.05, 0) is 31.5 Å². The number of halogens is 4. The highest BCUT2D eigenvalue weighted by Crippen LogP contribution is 2.34. The minimum absolute atomic E-state index is 0.191. The Kier molecular flexibility index (Phi) is 4.77. The van der Waals surface area contributed by atoms with Gasteiger partial charge in [-0.2, -0.15) is 13.2 Å². The van der Waals surface area contributed by atoms with E-state index in [0.717, 1.165) is 16.9 Å². The Labute approximate surface area is 134 Å². The molecule has 22 heavy (non-hydrogen) atoms. The number of alkyl halides is 3. The van der Waals surface area contributed by atoms with Gasteiger partial charge in [0.05, 0.1) is 11.0 Å². The number of amides is 1. The van der Waals surface area contributed by atoms with Gasteiger partial charge in [0.15, 0.2) is 5.69 Å². The molecule has 2 rings (SSSR count). The molecule has 0 aliphatic heterocycles. The molecule has 1 heterocycles. The molecule has 0 saturated heterocycles. The third-order valence-corrected chi connectivity index (χ3v) is 4.15. The van der Waals surface area contributed by atoms with Crippen LogP contribution in [-0.2, 0) is 6.18 Å². The second-order valence-corrected chi connectivity index (χ2v) is 6.29. The number of nitrogens with one attached hydrogen (secondary N) is 1. The summed E-state index contributed by atoms with van der Waals surface area (Å²) in [5, 5.41) is 3.28. The maximum Gasteiger partial charge on any atom is 0.435 e. The number of aromatic nitrogens is 1. The van der Waals surface area contributed by atoms with Crippen molar-refractivity contribution in [3.8, 4) is 0 Å². The molecule has 0 aliphatic carbocycles. The fourth-order valence-electron chi connectivity index (χ4n) is 1.87. The smallest absolute Gasteiger partial charge is 0.345 e. The molecular weight excluding hydrogens is 337 g/mol. The number of rotatable bonds is 3. The number of nitrogens with zero attached hydrogens (tertiary/aromatic N) is 1. The van der Waals surface area contributed by atoms with Crippen molar-refractivity contribution in [1.29, 1.82) is 0 Å². The minimum atomic E-state index is -4.65. The van der Waals surface area contributed by atoms with E-state index >= 15 is 0 Å². The molecule has 0 radical (unpaired) electrons. The number of thiazole rings is 1. The first-order valence-corrected chi connectivity index (χ1v) is 7.49. The molecule has 118 valence electrons. The van der Waals surface area contributed by atoms with Crippen molar-refractivity contribution in [2.24, 2.45) is 0 Å². The van der Waals surface area contributed by atoms with Gasteiger partial charge in [-0.15, -0.1) is 11.3 Å². The van der Waals surface area contributed by atoms with Crippen LogP contribution < -0.4 is 5.32 Å². The molecule has 8 heteroatoms. The van der Waals surface area contributed by atoms with Crippen molar-refractivity contribution >= 4 is 28.8 Å². The average Bonchev–Trinajstić information content (AvgIpc) is 2.81. The second-order valence-electron chi connectivity index (χ2n) is 4.66. The van der Waals surface area contributed by atoms with Crippen LogP contribution in [0.3, 0.4) is 0 Å². The summed E-state index contributed by atoms with van der Waals surface area (Å²) in [5.74, 6) is -0.791. The molecule has 0 spiro atoms. The lowest BCUT2D eigenvalue weighted by Gasteiger charge is -2.14. The first-order valence-electron chi connectivity index (χ1n) is 6.29. The van der Waals surface area contributed by atoms with E-state index in [4.69, 9.17) is 11.6 Å². The number of carbonyl (C=O) groups is 1. The monoisotopic (exact) mass is 348 g/mol. The molecule has 0 bridgehead atoms. The number of carbonyl (C=O) groups excluding carboxylic acids is 1. The van der Waals surface area contributed by atoms with Crippen molar-refractivity contribution in [1.82, 2.24) is 10.3 Å². The molecule has 2 aromatic rings. The fraction of sp³-hybridized carbons (Fsp3) is 0.286. The van der Waals surface area contributed by atoms with E-state index in [-0.39, 0.29) is 5.01 Å². The van der Waals surface area contributed by atoms with Gasteiger partial charge >= 0.3 is 6.18 Å². The van der Waals surface area contributed by atoms with E-state index in [1.807, 2.05) is 0 Å². The summed E-state index contributed by atoms with van der Waals surface area (Å²) < 4.78 is 38.6. The fourth-order valence-corrected chi connectivity index (χ4v) is 2.84. The van der Waals surface area contributed by atoms with Crippen molar-refractivity contribution in [2.45, 2.75) is 26.1 Å². The molecule has 3 nitrogen and oxygen atoms in total. The zero-order valence-corrected chi connectivity index (χ0v) is 13.2. The van der Waals surface area contributed by atoms with Crippen LogP contribution in [0.2, 0.25) is 5.02 Å². The Morgan fingerprint density at radius 1 is 1.32 bits per heavy atom. The number of aryl methyl sites for hydroxylation is 1. The third kappa shape index (κ3) is 3.78. The van der Waals surface area contributed by atoms with Gasteiger partial charge in [-0.1, -0.05) is 23.7 Å². The number of hydrogen-bond donors (Lipinski definition) is 1. The lowest BCUT2D eigenvalue weighted by atomic mass is 10.1. The zero-order chi connectivity index (χ0) is 16.5. The van der Waals surface area contributed by atoms with E-state index in [2.05, 4.69) is 10.3 Å². The maximum atomic E-state index is 12.9. The third-order valence-electron chi connectivity index (χ3n) is 2.93. The molecule has 0 fully saturated rings. The van der Waals surface area contributed by atoms with Crippen LogP contribution in [0, 0.1) is 6.92 Å². The SMILES string of the molecule is Cc1nc(C(F)(F)F)c(C(=O)N[C@H](C)c2ccc(Cl)cc2)s1. The van der Waals surface area contributed by atoms with Gasteiger partial charge in [-0.3, -0.25) is 4.79 Å². The van der Waals surface area contributed by atoms with E-state index in [0.29, 0.717) is 5.02 Å². The first kappa shape index (κ1) is 16.8. The molecule has 1 aromatic heterocycles. The van der Waals surface area contributed by atoms with Gasteiger partial charge in [0.1, 0.15) is 4.88 Å². The largest absolute Gasteiger partial charge is 0.435 e. The number of benzene rings is 1. The van der Waals surface area contributed by atoms with Gasteiger partial charge < -0.3 is 5.32 Å². The van der Waals surface area contributed by atoms with E-state index < -0.39 is 28.7 Å². The molecular formula is C14H12ClF3N2OS. The van der Waals surface area contributed by atoms with Crippen molar-refractivity contribution < 1.29 is 18.0 Å². The molecule has 1 aromatic carbocycles. The Balaban J connectivity index is 2.21. The summed E-state index contributed by atoms with van der Waals surface area (Å²) in [7, 11) is 0. The van der Waals surface area contributed by atoms with Crippen LogP contribution in [0.5, 0.6) is 0 Å².